The number of benzene rings is 1. The summed E-state index contributed by atoms with van der Waals surface area (Å²) in [4.78, 5) is 2.27. The van der Waals surface area contributed by atoms with Gasteiger partial charge < -0.3 is 10.1 Å². The Labute approximate surface area is 125 Å². The lowest BCUT2D eigenvalue weighted by atomic mass is 9.97. The first kappa shape index (κ1) is 15.7. The van der Waals surface area contributed by atoms with Crippen LogP contribution in [-0.4, -0.2) is 44.3 Å². The molecule has 0 radical (unpaired) electrons. The van der Waals surface area contributed by atoms with Crippen molar-refractivity contribution >= 4 is 11.6 Å². The number of ether oxygens (including phenoxy) is 1. The van der Waals surface area contributed by atoms with Crippen molar-refractivity contribution in [2.45, 2.75) is 25.5 Å². The minimum Gasteiger partial charge on any atom is -0.374 e. The van der Waals surface area contributed by atoms with E-state index in [1.807, 2.05) is 7.05 Å². The van der Waals surface area contributed by atoms with E-state index in [9.17, 15) is 4.39 Å². The third-order valence-corrected chi connectivity index (χ3v) is 4.00. The Morgan fingerprint density at radius 2 is 2.30 bits per heavy atom. The molecule has 0 aliphatic carbocycles. The van der Waals surface area contributed by atoms with Gasteiger partial charge in [-0.3, -0.25) is 4.90 Å². The summed E-state index contributed by atoms with van der Waals surface area (Å²) in [6.07, 6.45) is 0.934. The van der Waals surface area contributed by atoms with Crippen LogP contribution in [0.1, 0.15) is 24.9 Å². The van der Waals surface area contributed by atoms with Crippen LogP contribution in [-0.2, 0) is 4.74 Å². The Balaban J connectivity index is 2.38. The summed E-state index contributed by atoms with van der Waals surface area (Å²) in [5.41, 5.74) is 0.558. The van der Waals surface area contributed by atoms with Gasteiger partial charge in [-0.15, -0.1) is 0 Å². The molecule has 1 aromatic rings. The molecule has 0 bridgehead atoms. The lowest BCUT2D eigenvalue weighted by molar-refractivity contribution is -0.0713. The summed E-state index contributed by atoms with van der Waals surface area (Å²) in [6.45, 7) is 5.20. The molecule has 0 aromatic heterocycles. The van der Waals surface area contributed by atoms with E-state index >= 15 is 0 Å². The molecule has 1 heterocycles. The number of morpholine rings is 1. The first-order chi connectivity index (χ1) is 9.69. The van der Waals surface area contributed by atoms with Gasteiger partial charge in [-0.2, -0.15) is 0 Å². The fourth-order valence-corrected chi connectivity index (χ4v) is 3.13. The van der Waals surface area contributed by atoms with Crippen LogP contribution >= 0.6 is 11.6 Å². The molecule has 1 aliphatic rings. The molecule has 1 aromatic carbocycles. The molecular formula is C15H22ClFN2O. The molecule has 112 valence electrons. The highest BCUT2D eigenvalue weighted by Crippen LogP contribution is 2.35. The number of rotatable bonds is 5. The number of hydrogen-bond donors (Lipinski definition) is 1. The third-order valence-electron chi connectivity index (χ3n) is 3.67. The standard InChI is InChI=1S/C15H22ClFN2O/c1-3-7-19-8-9-20-13(10-18-2)15(19)14-11(16)5-4-6-12(14)17/h4-6,13,15,18H,3,7-10H2,1-2H3. The van der Waals surface area contributed by atoms with Crippen LogP contribution in [0.15, 0.2) is 18.2 Å². The average Bonchev–Trinajstić information content (AvgIpc) is 2.42. The summed E-state index contributed by atoms with van der Waals surface area (Å²) >= 11 is 6.25. The topological polar surface area (TPSA) is 24.5 Å². The van der Waals surface area contributed by atoms with Crippen LogP contribution in [0.25, 0.3) is 0 Å². The van der Waals surface area contributed by atoms with Gasteiger partial charge in [0.1, 0.15) is 5.82 Å². The van der Waals surface area contributed by atoms with E-state index in [4.69, 9.17) is 16.3 Å². The fraction of sp³-hybridized carbons (Fsp3) is 0.600. The lowest BCUT2D eigenvalue weighted by Gasteiger charge is -2.41. The molecule has 1 aliphatic heterocycles. The average molecular weight is 301 g/mol. The Hall–Kier alpha value is -0.680. The predicted molar refractivity (Wildman–Crippen MR) is 79.7 cm³/mol. The molecule has 1 fully saturated rings. The highest BCUT2D eigenvalue weighted by atomic mass is 35.5. The van der Waals surface area contributed by atoms with Crippen LogP contribution < -0.4 is 5.32 Å². The maximum absolute atomic E-state index is 14.3. The Morgan fingerprint density at radius 1 is 1.50 bits per heavy atom. The zero-order valence-electron chi connectivity index (χ0n) is 12.0. The van der Waals surface area contributed by atoms with Crippen molar-refractivity contribution < 1.29 is 9.13 Å². The first-order valence-electron chi connectivity index (χ1n) is 7.13. The van der Waals surface area contributed by atoms with E-state index in [2.05, 4.69) is 17.1 Å². The molecule has 0 spiro atoms. The molecule has 5 heteroatoms. The van der Waals surface area contributed by atoms with Crippen molar-refractivity contribution in [3.05, 3.63) is 34.6 Å². The molecule has 2 rings (SSSR count). The quantitative estimate of drug-likeness (QED) is 0.905. The van der Waals surface area contributed by atoms with Crippen molar-refractivity contribution in [3.63, 3.8) is 0 Å². The van der Waals surface area contributed by atoms with Crippen LogP contribution in [0, 0.1) is 5.82 Å². The van der Waals surface area contributed by atoms with Crippen LogP contribution in [0.5, 0.6) is 0 Å². The van der Waals surface area contributed by atoms with Crippen molar-refractivity contribution in [1.82, 2.24) is 10.2 Å². The highest BCUT2D eigenvalue weighted by molar-refractivity contribution is 6.31. The summed E-state index contributed by atoms with van der Waals surface area (Å²) in [7, 11) is 1.88. The minimum atomic E-state index is -0.254. The summed E-state index contributed by atoms with van der Waals surface area (Å²) in [5, 5.41) is 3.60. The third kappa shape index (κ3) is 3.31. The zero-order chi connectivity index (χ0) is 14.5. The van der Waals surface area contributed by atoms with Gasteiger partial charge in [0.05, 0.1) is 18.8 Å². The molecule has 0 amide bonds. The number of hydrogen-bond acceptors (Lipinski definition) is 3. The number of likely N-dealkylation sites (N-methyl/N-ethyl adjacent to an activating group) is 1. The van der Waals surface area contributed by atoms with Crippen molar-refractivity contribution in [1.29, 1.82) is 0 Å². The molecule has 1 saturated heterocycles. The Morgan fingerprint density at radius 3 is 2.95 bits per heavy atom. The molecule has 2 atom stereocenters. The van der Waals surface area contributed by atoms with E-state index in [1.165, 1.54) is 6.07 Å². The lowest BCUT2D eigenvalue weighted by Crippen LogP contribution is -2.49. The summed E-state index contributed by atoms with van der Waals surface area (Å²) in [5.74, 6) is -0.254. The van der Waals surface area contributed by atoms with Gasteiger partial charge in [0.25, 0.3) is 0 Å². The molecule has 20 heavy (non-hydrogen) atoms. The van der Waals surface area contributed by atoms with Gasteiger partial charge in [-0.1, -0.05) is 24.6 Å². The van der Waals surface area contributed by atoms with E-state index in [1.54, 1.807) is 12.1 Å². The highest BCUT2D eigenvalue weighted by Gasteiger charge is 2.35. The smallest absolute Gasteiger partial charge is 0.129 e. The van der Waals surface area contributed by atoms with Gasteiger partial charge in [0, 0.05) is 23.7 Å². The molecule has 2 unspecified atom stereocenters. The minimum absolute atomic E-state index is 0.0882. The predicted octanol–water partition coefficient (Wildman–Crippen LogP) is 2.85. The fourth-order valence-electron chi connectivity index (χ4n) is 2.86. The van der Waals surface area contributed by atoms with E-state index in [0.717, 1.165) is 19.5 Å². The van der Waals surface area contributed by atoms with Gasteiger partial charge in [0.2, 0.25) is 0 Å². The first-order valence-corrected chi connectivity index (χ1v) is 7.51. The van der Waals surface area contributed by atoms with Gasteiger partial charge in [-0.25, -0.2) is 4.39 Å². The molecule has 0 saturated carbocycles. The van der Waals surface area contributed by atoms with Crippen LogP contribution in [0.2, 0.25) is 5.02 Å². The number of nitrogens with one attached hydrogen (secondary N) is 1. The molecule has 1 N–H and O–H groups in total. The second-order valence-electron chi connectivity index (χ2n) is 5.08. The maximum Gasteiger partial charge on any atom is 0.129 e. The van der Waals surface area contributed by atoms with E-state index < -0.39 is 0 Å². The zero-order valence-corrected chi connectivity index (χ0v) is 12.8. The van der Waals surface area contributed by atoms with Crippen molar-refractivity contribution in [2.75, 3.05) is 33.3 Å². The second-order valence-corrected chi connectivity index (χ2v) is 5.49. The normalized spacial score (nSPS) is 24.0. The van der Waals surface area contributed by atoms with Crippen molar-refractivity contribution in [3.8, 4) is 0 Å². The largest absolute Gasteiger partial charge is 0.374 e. The SMILES string of the molecule is CCCN1CCOC(CNC)C1c1c(F)cccc1Cl. The van der Waals surface area contributed by atoms with E-state index in [-0.39, 0.29) is 18.0 Å². The van der Waals surface area contributed by atoms with Gasteiger partial charge >= 0.3 is 0 Å². The summed E-state index contributed by atoms with van der Waals surface area (Å²) < 4.78 is 20.1. The van der Waals surface area contributed by atoms with Gasteiger partial charge in [0.15, 0.2) is 0 Å². The van der Waals surface area contributed by atoms with Crippen LogP contribution in [0.3, 0.4) is 0 Å². The maximum atomic E-state index is 14.3. The molecule has 3 nitrogen and oxygen atoms in total. The van der Waals surface area contributed by atoms with Gasteiger partial charge in [-0.05, 0) is 32.1 Å². The van der Waals surface area contributed by atoms with Crippen molar-refractivity contribution in [2.24, 2.45) is 0 Å². The second kappa shape index (κ2) is 7.36. The van der Waals surface area contributed by atoms with E-state index in [0.29, 0.717) is 23.7 Å². The monoisotopic (exact) mass is 300 g/mol. The molecular weight excluding hydrogens is 279 g/mol. The summed E-state index contributed by atoms with van der Waals surface area (Å²) in [6, 6.07) is 4.72. The Kier molecular flexibility index (Phi) is 5.78. The number of halogens is 2. The Bertz CT molecular complexity index is 406. The number of nitrogens with zero attached hydrogens (tertiary/aromatic N) is 1. The van der Waals surface area contributed by atoms with Crippen LogP contribution in [0.4, 0.5) is 4.39 Å².